The van der Waals surface area contributed by atoms with Crippen molar-refractivity contribution < 1.29 is 4.74 Å². The molecule has 16 heavy (non-hydrogen) atoms. The Balaban J connectivity index is 1.84. The van der Waals surface area contributed by atoms with Gasteiger partial charge in [0, 0.05) is 19.6 Å². The van der Waals surface area contributed by atoms with Crippen LogP contribution < -0.4 is 5.73 Å². The van der Waals surface area contributed by atoms with E-state index in [1.165, 1.54) is 25.8 Å². The molecule has 1 aliphatic heterocycles. The van der Waals surface area contributed by atoms with Crippen molar-refractivity contribution >= 4 is 0 Å². The zero-order valence-corrected chi connectivity index (χ0v) is 10.7. The third kappa shape index (κ3) is 2.96. The summed E-state index contributed by atoms with van der Waals surface area (Å²) in [6.45, 7) is 9.53. The first-order valence-corrected chi connectivity index (χ1v) is 6.67. The Hall–Kier alpha value is -0.120. The molecule has 3 heteroatoms. The van der Waals surface area contributed by atoms with Crippen molar-refractivity contribution in [2.45, 2.75) is 38.7 Å². The third-order valence-electron chi connectivity index (χ3n) is 4.12. The van der Waals surface area contributed by atoms with Gasteiger partial charge in [0.1, 0.15) is 0 Å². The van der Waals surface area contributed by atoms with Crippen molar-refractivity contribution in [1.82, 2.24) is 4.90 Å². The van der Waals surface area contributed by atoms with Crippen LogP contribution in [0.5, 0.6) is 0 Å². The van der Waals surface area contributed by atoms with Crippen LogP contribution in [0.2, 0.25) is 0 Å². The van der Waals surface area contributed by atoms with Crippen LogP contribution in [0.3, 0.4) is 0 Å². The summed E-state index contributed by atoms with van der Waals surface area (Å²) in [5.41, 5.74) is 5.88. The van der Waals surface area contributed by atoms with Gasteiger partial charge < -0.3 is 10.5 Å². The first-order valence-electron chi connectivity index (χ1n) is 6.67. The third-order valence-corrected chi connectivity index (χ3v) is 4.12. The highest BCUT2D eigenvalue weighted by atomic mass is 16.5. The molecule has 2 N–H and O–H groups in total. The van der Waals surface area contributed by atoms with Crippen molar-refractivity contribution in [2.24, 2.45) is 17.6 Å². The zero-order valence-electron chi connectivity index (χ0n) is 10.7. The van der Waals surface area contributed by atoms with Gasteiger partial charge in [0.15, 0.2) is 0 Å². The molecular weight excluding hydrogens is 200 g/mol. The van der Waals surface area contributed by atoms with Crippen molar-refractivity contribution in [2.75, 3.05) is 32.8 Å². The molecule has 1 heterocycles. The molecule has 0 aromatic rings. The molecule has 0 radical (unpaired) electrons. The predicted octanol–water partition coefficient (Wildman–Crippen LogP) is 1.47. The molecule has 2 aliphatic rings. The van der Waals surface area contributed by atoms with E-state index in [0.29, 0.717) is 0 Å². The van der Waals surface area contributed by atoms with Crippen LogP contribution in [-0.2, 0) is 4.74 Å². The summed E-state index contributed by atoms with van der Waals surface area (Å²) in [5, 5.41) is 0. The van der Waals surface area contributed by atoms with Crippen LogP contribution in [0.4, 0.5) is 0 Å². The first kappa shape index (κ1) is 12.3. The van der Waals surface area contributed by atoms with Gasteiger partial charge in [-0.3, -0.25) is 4.90 Å². The monoisotopic (exact) mass is 226 g/mol. The molecule has 0 amide bonds. The van der Waals surface area contributed by atoms with Crippen molar-refractivity contribution in [3.05, 3.63) is 0 Å². The van der Waals surface area contributed by atoms with Crippen LogP contribution in [0.25, 0.3) is 0 Å². The van der Waals surface area contributed by atoms with Crippen molar-refractivity contribution in [3.63, 3.8) is 0 Å². The molecule has 2 atom stereocenters. The van der Waals surface area contributed by atoms with Gasteiger partial charge in [-0.25, -0.2) is 0 Å². The number of nitrogens with zero attached hydrogens (tertiary/aromatic N) is 1. The maximum Gasteiger partial charge on any atom is 0.0753 e. The maximum atomic E-state index is 5.84. The molecule has 1 saturated carbocycles. The van der Waals surface area contributed by atoms with E-state index < -0.39 is 0 Å². The molecule has 1 aliphatic carbocycles. The summed E-state index contributed by atoms with van der Waals surface area (Å²) in [6, 6.07) is 0. The average molecular weight is 226 g/mol. The summed E-state index contributed by atoms with van der Waals surface area (Å²) in [4.78, 5) is 2.57. The number of hydrogen-bond donors (Lipinski definition) is 1. The molecule has 2 rings (SSSR count). The summed E-state index contributed by atoms with van der Waals surface area (Å²) >= 11 is 0. The normalized spacial score (nSPS) is 35.4. The summed E-state index contributed by atoms with van der Waals surface area (Å²) in [6.07, 6.45) is 4.09. The Morgan fingerprint density at radius 3 is 2.75 bits per heavy atom. The van der Waals surface area contributed by atoms with E-state index in [1.807, 2.05) is 0 Å². The largest absolute Gasteiger partial charge is 0.373 e. The Bertz CT molecular complexity index is 230. The topological polar surface area (TPSA) is 38.5 Å². The van der Waals surface area contributed by atoms with Gasteiger partial charge in [-0.2, -0.15) is 0 Å². The molecule has 0 bridgehead atoms. The minimum atomic E-state index is 0.0368. The van der Waals surface area contributed by atoms with Crippen molar-refractivity contribution in [1.29, 1.82) is 0 Å². The number of ether oxygens (including phenoxy) is 1. The average Bonchev–Trinajstić information content (AvgIpc) is 2.63. The molecule has 1 saturated heterocycles. The highest BCUT2D eigenvalue weighted by Crippen LogP contribution is 2.32. The quantitative estimate of drug-likeness (QED) is 0.792. The van der Waals surface area contributed by atoms with Crippen LogP contribution in [-0.4, -0.2) is 43.3 Å². The molecule has 0 spiro atoms. The SMILES string of the molecule is CC1(C)CN(CC2CCCC2CN)CCO1. The highest BCUT2D eigenvalue weighted by Gasteiger charge is 2.32. The highest BCUT2D eigenvalue weighted by molar-refractivity contribution is 4.85. The number of nitrogens with two attached hydrogens (primary N) is 1. The van der Waals surface area contributed by atoms with E-state index in [1.54, 1.807) is 0 Å². The molecule has 94 valence electrons. The lowest BCUT2D eigenvalue weighted by Crippen LogP contribution is -2.50. The van der Waals surface area contributed by atoms with Gasteiger partial charge in [0.05, 0.1) is 12.2 Å². The first-order chi connectivity index (χ1) is 7.61. The standard InChI is InChI=1S/C13H26N2O/c1-13(2)10-15(6-7-16-13)9-12-5-3-4-11(12)8-14/h11-12H,3-10,14H2,1-2H3. The molecule has 0 aromatic heterocycles. The second-order valence-electron chi connectivity index (χ2n) is 6.03. The Labute approximate surface area is 99.3 Å². The van der Waals surface area contributed by atoms with Gasteiger partial charge in [-0.1, -0.05) is 6.42 Å². The van der Waals surface area contributed by atoms with E-state index in [0.717, 1.165) is 38.1 Å². The number of hydrogen-bond acceptors (Lipinski definition) is 3. The van der Waals surface area contributed by atoms with E-state index in [-0.39, 0.29) is 5.60 Å². The summed E-state index contributed by atoms with van der Waals surface area (Å²) < 4.78 is 5.75. The molecule has 2 fully saturated rings. The molecule has 0 aromatic carbocycles. The van der Waals surface area contributed by atoms with Gasteiger partial charge in [-0.15, -0.1) is 0 Å². The number of morpholine rings is 1. The van der Waals surface area contributed by atoms with Gasteiger partial charge >= 0.3 is 0 Å². The van der Waals surface area contributed by atoms with Crippen LogP contribution in [0, 0.1) is 11.8 Å². The lowest BCUT2D eigenvalue weighted by molar-refractivity contribution is -0.0898. The second-order valence-corrected chi connectivity index (χ2v) is 6.03. The number of rotatable bonds is 3. The molecule has 2 unspecified atom stereocenters. The van der Waals surface area contributed by atoms with E-state index in [9.17, 15) is 0 Å². The fraction of sp³-hybridized carbons (Fsp3) is 1.00. The Morgan fingerprint density at radius 2 is 2.06 bits per heavy atom. The van der Waals surface area contributed by atoms with Crippen LogP contribution >= 0.6 is 0 Å². The van der Waals surface area contributed by atoms with Gasteiger partial charge in [-0.05, 0) is 45.1 Å². The maximum absolute atomic E-state index is 5.84. The van der Waals surface area contributed by atoms with Crippen LogP contribution in [0.15, 0.2) is 0 Å². The minimum absolute atomic E-state index is 0.0368. The van der Waals surface area contributed by atoms with Crippen molar-refractivity contribution in [3.8, 4) is 0 Å². The lowest BCUT2D eigenvalue weighted by Gasteiger charge is -2.39. The lowest BCUT2D eigenvalue weighted by atomic mass is 9.95. The smallest absolute Gasteiger partial charge is 0.0753 e. The fourth-order valence-corrected chi connectivity index (χ4v) is 3.27. The Kier molecular flexibility index (Phi) is 3.88. The second kappa shape index (κ2) is 5.03. The van der Waals surface area contributed by atoms with Crippen LogP contribution in [0.1, 0.15) is 33.1 Å². The summed E-state index contributed by atoms with van der Waals surface area (Å²) in [7, 11) is 0. The van der Waals surface area contributed by atoms with Gasteiger partial charge in [0.2, 0.25) is 0 Å². The van der Waals surface area contributed by atoms with E-state index in [2.05, 4.69) is 18.7 Å². The zero-order chi connectivity index (χ0) is 11.6. The molecular formula is C13H26N2O. The minimum Gasteiger partial charge on any atom is -0.373 e. The van der Waals surface area contributed by atoms with E-state index >= 15 is 0 Å². The summed E-state index contributed by atoms with van der Waals surface area (Å²) in [5.74, 6) is 1.60. The van der Waals surface area contributed by atoms with Gasteiger partial charge in [0.25, 0.3) is 0 Å². The predicted molar refractivity (Wildman–Crippen MR) is 66.4 cm³/mol. The fourth-order valence-electron chi connectivity index (χ4n) is 3.27. The molecule has 3 nitrogen and oxygen atoms in total. The van der Waals surface area contributed by atoms with E-state index in [4.69, 9.17) is 10.5 Å². The Morgan fingerprint density at radius 1 is 1.31 bits per heavy atom.